The Morgan fingerprint density at radius 2 is 1.86 bits per heavy atom. The first-order valence-corrected chi connectivity index (χ1v) is 9.01. The second-order valence-electron chi connectivity index (χ2n) is 6.69. The maximum absolute atomic E-state index is 12.8. The Morgan fingerprint density at radius 1 is 1.14 bits per heavy atom. The third kappa shape index (κ3) is 5.34. The van der Waals surface area contributed by atoms with Crippen molar-refractivity contribution in [2.75, 3.05) is 13.7 Å². The number of aromatic hydroxyl groups is 1. The summed E-state index contributed by atoms with van der Waals surface area (Å²) in [6.45, 7) is 3.28. The average Bonchev–Trinajstić information content (AvgIpc) is 2.63. The van der Waals surface area contributed by atoms with Crippen LogP contribution in [-0.4, -0.2) is 36.2 Å². The summed E-state index contributed by atoms with van der Waals surface area (Å²) in [4.78, 5) is 14.2. The normalized spacial score (nSPS) is 11.0. The fraction of sp³-hybridized carbons (Fsp3) is 0.381. The van der Waals surface area contributed by atoms with E-state index in [1.807, 2.05) is 13.8 Å². The summed E-state index contributed by atoms with van der Waals surface area (Å²) in [6, 6.07) is 9.53. The van der Waals surface area contributed by atoms with E-state index in [1.54, 1.807) is 38.2 Å². The van der Waals surface area contributed by atoms with Gasteiger partial charge in [-0.1, -0.05) is 26.0 Å². The number of halogens is 2. The van der Waals surface area contributed by atoms with Crippen molar-refractivity contribution in [3.8, 4) is 17.2 Å². The first-order valence-electron chi connectivity index (χ1n) is 9.01. The quantitative estimate of drug-likeness (QED) is 0.701. The minimum absolute atomic E-state index is 0.0585. The van der Waals surface area contributed by atoms with Gasteiger partial charge in [-0.2, -0.15) is 8.78 Å². The van der Waals surface area contributed by atoms with Gasteiger partial charge in [0.2, 0.25) is 0 Å². The summed E-state index contributed by atoms with van der Waals surface area (Å²) < 4.78 is 34.9. The number of benzene rings is 2. The third-order valence-electron chi connectivity index (χ3n) is 4.21. The summed E-state index contributed by atoms with van der Waals surface area (Å²) in [5, 5.41) is 10.1. The lowest BCUT2D eigenvalue weighted by atomic mass is 9.99. The smallest absolute Gasteiger partial charge is 0.387 e. The van der Waals surface area contributed by atoms with Crippen LogP contribution in [-0.2, 0) is 6.54 Å². The van der Waals surface area contributed by atoms with Crippen molar-refractivity contribution >= 4 is 5.91 Å². The van der Waals surface area contributed by atoms with E-state index in [-0.39, 0.29) is 47.8 Å². The second-order valence-corrected chi connectivity index (χ2v) is 6.69. The second kappa shape index (κ2) is 9.39. The molecule has 0 fully saturated rings. The molecule has 1 N–H and O–H groups in total. The molecular weight excluding hydrogens is 368 g/mol. The molecule has 0 spiro atoms. The van der Waals surface area contributed by atoms with Crippen LogP contribution in [0.3, 0.4) is 0 Å². The molecule has 0 aliphatic carbocycles. The first kappa shape index (κ1) is 21.5. The van der Waals surface area contributed by atoms with Crippen molar-refractivity contribution in [1.29, 1.82) is 0 Å². The summed E-state index contributed by atoms with van der Waals surface area (Å²) in [5.74, 6) is -0.0842. The van der Waals surface area contributed by atoms with Crippen molar-refractivity contribution in [3.05, 3.63) is 53.1 Å². The van der Waals surface area contributed by atoms with Crippen molar-refractivity contribution in [2.45, 2.75) is 39.8 Å². The number of carbonyl (C=O) groups is 1. The molecule has 2 rings (SSSR count). The van der Waals surface area contributed by atoms with Crippen LogP contribution in [0.15, 0.2) is 36.4 Å². The molecule has 0 aromatic heterocycles. The summed E-state index contributed by atoms with van der Waals surface area (Å²) in [5.41, 5.74) is 1.85. The average molecular weight is 393 g/mol. The zero-order chi connectivity index (χ0) is 20.8. The van der Waals surface area contributed by atoms with E-state index in [9.17, 15) is 18.7 Å². The molecule has 28 heavy (non-hydrogen) atoms. The molecule has 1 amide bonds. The number of alkyl halides is 2. The van der Waals surface area contributed by atoms with E-state index >= 15 is 0 Å². The van der Waals surface area contributed by atoms with Crippen LogP contribution in [0.4, 0.5) is 8.78 Å². The summed E-state index contributed by atoms with van der Waals surface area (Å²) in [7, 11) is 1.60. The number of phenols is 1. The minimum Gasteiger partial charge on any atom is -0.507 e. The maximum atomic E-state index is 12.8. The van der Waals surface area contributed by atoms with Crippen molar-refractivity contribution in [3.63, 3.8) is 0 Å². The van der Waals surface area contributed by atoms with Gasteiger partial charge in [-0.25, -0.2) is 0 Å². The van der Waals surface area contributed by atoms with Gasteiger partial charge in [0.05, 0.1) is 12.2 Å². The summed E-state index contributed by atoms with van der Waals surface area (Å²) >= 11 is 0. The zero-order valence-electron chi connectivity index (χ0n) is 16.4. The highest BCUT2D eigenvalue weighted by Crippen LogP contribution is 2.31. The minimum atomic E-state index is -2.95. The van der Waals surface area contributed by atoms with E-state index in [0.717, 1.165) is 5.56 Å². The van der Waals surface area contributed by atoms with Crippen molar-refractivity contribution < 1.29 is 28.2 Å². The highest BCUT2D eigenvalue weighted by molar-refractivity contribution is 5.96. The van der Waals surface area contributed by atoms with Gasteiger partial charge in [0, 0.05) is 13.6 Å². The zero-order valence-corrected chi connectivity index (χ0v) is 16.4. The molecule has 2 aromatic carbocycles. The fourth-order valence-corrected chi connectivity index (χ4v) is 2.75. The van der Waals surface area contributed by atoms with E-state index in [2.05, 4.69) is 4.74 Å². The van der Waals surface area contributed by atoms with E-state index in [4.69, 9.17) is 4.74 Å². The van der Waals surface area contributed by atoms with Gasteiger partial charge in [0.1, 0.15) is 5.75 Å². The Balaban J connectivity index is 2.22. The molecule has 2 aromatic rings. The van der Waals surface area contributed by atoms with Crippen LogP contribution in [0.2, 0.25) is 0 Å². The van der Waals surface area contributed by atoms with Gasteiger partial charge in [0.25, 0.3) is 5.91 Å². The molecule has 0 heterocycles. The Labute approximate surface area is 163 Å². The third-order valence-corrected chi connectivity index (χ3v) is 4.21. The number of hydrogen-bond acceptors (Lipinski definition) is 4. The first-order chi connectivity index (χ1) is 13.2. The fourth-order valence-electron chi connectivity index (χ4n) is 2.75. The molecule has 0 aliphatic rings. The number of amides is 1. The molecule has 0 saturated heterocycles. The number of nitrogens with zero attached hydrogens (tertiary/aromatic N) is 1. The Morgan fingerprint density at radius 3 is 2.46 bits per heavy atom. The number of hydrogen-bond donors (Lipinski definition) is 1. The van der Waals surface area contributed by atoms with Crippen molar-refractivity contribution in [1.82, 2.24) is 4.90 Å². The number of phenolic OH excluding ortho intramolecular Hbond substituents is 1. The largest absolute Gasteiger partial charge is 0.507 e. The number of rotatable bonds is 8. The Kier molecular flexibility index (Phi) is 7.20. The summed E-state index contributed by atoms with van der Waals surface area (Å²) in [6.07, 6.45) is 0. The molecule has 7 heteroatoms. The highest BCUT2D eigenvalue weighted by atomic mass is 19.3. The Hall–Kier alpha value is -2.83. The lowest BCUT2D eigenvalue weighted by molar-refractivity contribution is -0.0514. The Bertz CT molecular complexity index is 824. The molecule has 0 bridgehead atoms. The lowest BCUT2D eigenvalue weighted by Crippen LogP contribution is -2.26. The van der Waals surface area contributed by atoms with Crippen LogP contribution >= 0.6 is 0 Å². The predicted molar refractivity (Wildman–Crippen MR) is 102 cm³/mol. The van der Waals surface area contributed by atoms with E-state index in [1.165, 1.54) is 17.0 Å². The van der Waals surface area contributed by atoms with E-state index in [0.29, 0.717) is 5.56 Å². The molecule has 0 saturated carbocycles. The molecule has 0 radical (unpaired) electrons. The van der Waals surface area contributed by atoms with Gasteiger partial charge in [-0.15, -0.1) is 0 Å². The number of carbonyl (C=O) groups excluding carboxylic acids is 1. The van der Waals surface area contributed by atoms with Crippen LogP contribution in [0.25, 0.3) is 0 Å². The van der Waals surface area contributed by atoms with Crippen LogP contribution in [0.5, 0.6) is 17.2 Å². The van der Waals surface area contributed by atoms with Gasteiger partial charge < -0.3 is 19.5 Å². The molecule has 5 nitrogen and oxygen atoms in total. The van der Waals surface area contributed by atoms with Crippen molar-refractivity contribution in [2.24, 2.45) is 0 Å². The molecule has 0 atom stereocenters. The van der Waals surface area contributed by atoms with Gasteiger partial charge in [0.15, 0.2) is 11.5 Å². The maximum Gasteiger partial charge on any atom is 0.387 e. The lowest BCUT2D eigenvalue weighted by Gasteiger charge is -2.20. The topological polar surface area (TPSA) is 59.0 Å². The van der Waals surface area contributed by atoms with Crippen LogP contribution < -0.4 is 9.47 Å². The number of ether oxygens (including phenoxy) is 2. The molecule has 0 unspecified atom stereocenters. The monoisotopic (exact) mass is 393 g/mol. The van der Waals surface area contributed by atoms with Crippen LogP contribution in [0, 0.1) is 0 Å². The highest BCUT2D eigenvalue weighted by Gasteiger charge is 2.19. The predicted octanol–water partition coefficient (Wildman–Crippen LogP) is 4.79. The molecular formula is C21H25F2NO4. The SMILES string of the molecule is CCOc1cc(CN(C)C(=O)c2cc(C(C)C)ccc2O)ccc1OC(F)F. The van der Waals surface area contributed by atoms with Gasteiger partial charge >= 0.3 is 6.61 Å². The van der Waals surface area contributed by atoms with Crippen LogP contribution in [0.1, 0.15) is 48.2 Å². The van der Waals surface area contributed by atoms with E-state index < -0.39 is 6.61 Å². The molecule has 152 valence electrons. The van der Waals surface area contributed by atoms with Gasteiger partial charge in [-0.3, -0.25) is 4.79 Å². The molecule has 0 aliphatic heterocycles. The van der Waals surface area contributed by atoms with Gasteiger partial charge in [-0.05, 0) is 48.2 Å². The standard InChI is InChI=1S/C21H25F2NO4/c1-5-27-19-10-14(6-9-18(19)28-21(22)23)12-24(4)20(26)16-11-15(13(2)3)7-8-17(16)25/h6-11,13,21,25H,5,12H2,1-4H3.